The van der Waals surface area contributed by atoms with Crippen LogP contribution in [0.1, 0.15) is 19.3 Å². The normalized spacial score (nSPS) is 15.1. The number of pyridine rings is 1. The van der Waals surface area contributed by atoms with Crippen LogP contribution in [-0.2, 0) is 11.3 Å². The van der Waals surface area contributed by atoms with E-state index in [1.54, 1.807) is 17.0 Å². The minimum atomic E-state index is 0.0948. The van der Waals surface area contributed by atoms with Crippen molar-refractivity contribution in [3.63, 3.8) is 0 Å². The van der Waals surface area contributed by atoms with Crippen molar-refractivity contribution < 1.29 is 4.79 Å². The minimum Gasteiger partial charge on any atom is -0.341 e. The Kier molecular flexibility index (Phi) is 4.10. The molecule has 2 aromatic heterocycles. The monoisotopic (exact) mass is 303 g/mol. The molecule has 110 valence electrons. The molecule has 1 aliphatic rings. The van der Waals surface area contributed by atoms with E-state index in [1.165, 1.54) is 6.42 Å². The summed E-state index contributed by atoms with van der Waals surface area (Å²) >= 11 is 5.25. The molecule has 0 saturated carbocycles. The van der Waals surface area contributed by atoms with Gasteiger partial charge in [0.1, 0.15) is 6.54 Å². The number of carbonyl (C=O) groups excluding carboxylic acids is 1. The Morgan fingerprint density at radius 3 is 2.86 bits per heavy atom. The van der Waals surface area contributed by atoms with Crippen molar-refractivity contribution in [2.75, 3.05) is 13.1 Å². The SMILES string of the molecule is O=C(Cn1c(-c2cccnc2)n[nH]c1=S)N1CCCCC1. The van der Waals surface area contributed by atoms with E-state index in [2.05, 4.69) is 15.2 Å². The van der Waals surface area contributed by atoms with E-state index in [1.807, 2.05) is 17.0 Å². The maximum absolute atomic E-state index is 12.4. The zero-order valence-corrected chi connectivity index (χ0v) is 12.5. The smallest absolute Gasteiger partial charge is 0.242 e. The highest BCUT2D eigenvalue weighted by Crippen LogP contribution is 2.16. The van der Waals surface area contributed by atoms with Gasteiger partial charge in [-0.3, -0.25) is 19.4 Å². The van der Waals surface area contributed by atoms with E-state index in [9.17, 15) is 4.79 Å². The molecule has 21 heavy (non-hydrogen) atoms. The number of carbonyl (C=O) groups is 1. The molecule has 6 nitrogen and oxygen atoms in total. The zero-order chi connectivity index (χ0) is 14.7. The topological polar surface area (TPSA) is 66.8 Å². The van der Waals surface area contributed by atoms with Crippen LogP contribution in [0.5, 0.6) is 0 Å². The highest BCUT2D eigenvalue weighted by Gasteiger charge is 2.19. The Bertz CT molecular complexity index is 672. The summed E-state index contributed by atoms with van der Waals surface area (Å²) in [6, 6.07) is 3.74. The molecule has 0 aromatic carbocycles. The summed E-state index contributed by atoms with van der Waals surface area (Å²) in [6.07, 6.45) is 6.78. The maximum Gasteiger partial charge on any atom is 0.242 e. The average Bonchev–Trinajstić information content (AvgIpc) is 2.90. The van der Waals surface area contributed by atoms with Crippen LogP contribution in [-0.4, -0.2) is 43.6 Å². The van der Waals surface area contributed by atoms with E-state index in [4.69, 9.17) is 12.2 Å². The summed E-state index contributed by atoms with van der Waals surface area (Å²) in [5, 5.41) is 6.98. The van der Waals surface area contributed by atoms with Gasteiger partial charge in [0.15, 0.2) is 10.6 Å². The maximum atomic E-state index is 12.4. The Hall–Kier alpha value is -2.02. The van der Waals surface area contributed by atoms with Crippen LogP contribution < -0.4 is 0 Å². The molecule has 0 aliphatic carbocycles. The van der Waals surface area contributed by atoms with Crippen LogP contribution in [0.15, 0.2) is 24.5 Å². The first-order valence-electron chi connectivity index (χ1n) is 7.09. The first-order valence-corrected chi connectivity index (χ1v) is 7.50. The molecule has 1 N–H and O–H groups in total. The third kappa shape index (κ3) is 3.02. The molecular formula is C14H17N5OS. The molecule has 1 aliphatic heterocycles. The number of hydrogen-bond acceptors (Lipinski definition) is 4. The molecule has 0 radical (unpaired) electrons. The molecule has 0 atom stereocenters. The Morgan fingerprint density at radius 2 is 2.14 bits per heavy atom. The highest BCUT2D eigenvalue weighted by molar-refractivity contribution is 7.71. The minimum absolute atomic E-state index is 0.0948. The van der Waals surface area contributed by atoms with Gasteiger partial charge in [-0.1, -0.05) is 0 Å². The largest absolute Gasteiger partial charge is 0.341 e. The van der Waals surface area contributed by atoms with Gasteiger partial charge in [-0.05, 0) is 43.6 Å². The van der Waals surface area contributed by atoms with E-state index in [0.29, 0.717) is 10.6 Å². The summed E-state index contributed by atoms with van der Waals surface area (Å²) in [5.41, 5.74) is 0.844. The molecule has 2 aromatic rings. The zero-order valence-electron chi connectivity index (χ0n) is 11.7. The van der Waals surface area contributed by atoms with Crippen molar-refractivity contribution in [3.8, 4) is 11.4 Å². The van der Waals surface area contributed by atoms with Gasteiger partial charge >= 0.3 is 0 Å². The number of amides is 1. The van der Waals surface area contributed by atoms with Crippen molar-refractivity contribution in [1.82, 2.24) is 24.6 Å². The lowest BCUT2D eigenvalue weighted by molar-refractivity contribution is -0.132. The van der Waals surface area contributed by atoms with Crippen LogP contribution in [0.25, 0.3) is 11.4 Å². The summed E-state index contributed by atoms with van der Waals surface area (Å²) < 4.78 is 2.20. The first-order chi connectivity index (χ1) is 10.3. The summed E-state index contributed by atoms with van der Waals surface area (Å²) in [7, 11) is 0. The van der Waals surface area contributed by atoms with Crippen molar-refractivity contribution in [2.24, 2.45) is 0 Å². The fraction of sp³-hybridized carbons (Fsp3) is 0.429. The molecule has 0 unspecified atom stereocenters. The van der Waals surface area contributed by atoms with Gasteiger partial charge in [0, 0.05) is 31.0 Å². The molecule has 1 amide bonds. The van der Waals surface area contributed by atoms with E-state index >= 15 is 0 Å². The van der Waals surface area contributed by atoms with Gasteiger partial charge in [-0.15, -0.1) is 0 Å². The predicted molar refractivity (Wildman–Crippen MR) is 81.1 cm³/mol. The lowest BCUT2D eigenvalue weighted by Gasteiger charge is -2.26. The van der Waals surface area contributed by atoms with Crippen LogP contribution >= 0.6 is 12.2 Å². The number of rotatable bonds is 3. The number of H-pyrrole nitrogens is 1. The number of aromatic nitrogens is 4. The Balaban J connectivity index is 1.84. The quantitative estimate of drug-likeness (QED) is 0.881. The fourth-order valence-electron chi connectivity index (χ4n) is 2.56. The second kappa shape index (κ2) is 6.17. The second-order valence-electron chi connectivity index (χ2n) is 5.12. The van der Waals surface area contributed by atoms with Crippen molar-refractivity contribution >= 4 is 18.1 Å². The summed E-state index contributed by atoms with van der Waals surface area (Å²) in [5.74, 6) is 0.746. The Labute approximate surface area is 127 Å². The van der Waals surface area contributed by atoms with Crippen LogP contribution in [0, 0.1) is 4.77 Å². The average molecular weight is 303 g/mol. The molecule has 1 saturated heterocycles. The third-order valence-electron chi connectivity index (χ3n) is 3.68. The molecule has 3 heterocycles. The number of nitrogens with zero attached hydrogens (tertiary/aromatic N) is 4. The summed E-state index contributed by atoms with van der Waals surface area (Å²) in [6.45, 7) is 1.90. The van der Waals surface area contributed by atoms with Gasteiger partial charge in [-0.25, -0.2) is 0 Å². The van der Waals surface area contributed by atoms with Gasteiger partial charge in [-0.2, -0.15) is 5.10 Å². The van der Waals surface area contributed by atoms with Crippen molar-refractivity contribution in [3.05, 3.63) is 29.3 Å². The number of likely N-dealkylation sites (tertiary alicyclic amines) is 1. The Morgan fingerprint density at radius 1 is 1.33 bits per heavy atom. The lowest BCUT2D eigenvalue weighted by atomic mass is 10.1. The van der Waals surface area contributed by atoms with Crippen molar-refractivity contribution in [1.29, 1.82) is 0 Å². The molecule has 0 bridgehead atoms. The van der Waals surface area contributed by atoms with E-state index in [0.717, 1.165) is 31.5 Å². The van der Waals surface area contributed by atoms with E-state index in [-0.39, 0.29) is 12.5 Å². The highest BCUT2D eigenvalue weighted by atomic mass is 32.1. The number of nitrogens with one attached hydrogen (secondary N) is 1. The first kappa shape index (κ1) is 13.9. The predicted octanol–water partition coefficient (Wildman–Crippen LogP) is 2.02. The van der Waals surface area contributed by atoms with Crippen LogP contribution in [0.3, 0.4) is 0 Å². The molecule has 0 spiro atoms. The molecule has 7 heteroatoms. The third-order valence-corrected chi connectivity index (χ3v) is 3.99. The lowest BCUT2D eigenvalue weighted by Crippen LogP contribution is -2.37. The van der Waals surface area contributed by atoms with Gasteiger partial charge in [0.05, 0.1) is 0 Å². The van der Waals surface area contributed by atoms with Crippen LogP contribution in [0.4, 0.5) is 0 Å². The number of aromatic amines is 1. The van der Waals surface area contributed by atoms with Gasteiger partial charge in [0.25, 0.3) is 0 Å². The van der Waals surface area contributed by atoms with Gasteiger partial charge in [0.2, 0.25) is 5.91 Å². The molecule has 3 rings (SSSR count). The van der Waals surface area contributed by atoms with Crippen molar-refractivity contribution in [2.45, 2.75) is 25.8 Å². The standard InChI is InChI=1S/C14H17N5OS/c20-12(18-7-2-1-3-8-18)10-19-13(16-17-14(19)21)11-5-4-6-15-9-11/h4-6,9H,1-3,7-8,10H2,(H,17,21). The molecular weight excluding hydrogens is 286 g/mol. The summed E-state index contributed by atoms with van der Waals surface area (Å²) in [4.78, 5) is 18.4. The fourth-order valence-corrected chi connectivity index (χ4v) is 2.76. The van der Waals surface area contributed by atoms with Crippen LogP contribution in [0.2, 0.25) is 0 Å². The van der Waals surface area contributed by atoms with Gasteiger partial charge < -0.3 is 4.90 Å². The second-order valence-corrected chi connectivity index (χ2v) is 5.51. The number of hydrogen-bond donors (Lipinski definition) is 1. The molecule has 1 fully saturated rings. The number of piperidine rings is 1. The van der Waals surface area contributed by atoms with E-state index < -0.39 is 0 Å².